The summed E-state index contributed by atoms with van der Waals surface area (Å²) >= 11 is 0. The van der Waals surface area contributed by atoms with E-state index in [9.17, 15) is 4.79 Å². The first kappa shape index (κ1) is 11.3. The molecule has 0 bridgehead atoms. The molecule has 0 amide bonds. The van der Waals surface area contributed by atoms with E-state index in [4.69, 9.17) is 0 Å². The van der Waals surface area contributed by atoms with Gasteiger partial charge < -0.3 is 14.9 Å². The summed E-state index contributed by atoms with van der Waals surface area (Å²) in [5, 5.41) is 10.8. The van der Waals surface area contributed by atoms with Crippen LogP contribution in [0.3, 0.4) is 0 Å². The molecule has 0 aliphatic heterocycles. The SMILES string of the molecule is Cc1nc(NCCc2nncn2C)cc(=O)[nH]1. The number of rotatable bonds is 4. The number of nitrogens with zero attached hydrogens (tertiary/aromatic N) is 4. The summed E-state index contributed by atoms with van der Waals surface area (Å²) in [7, 11) is 1.89. The number of hydrogen-bond acceptors (Lipinski definition) is 5. The minimum Gasteiger partial charge on any atom is -0.369 e. The van der Waals surface area contributed by atoms with E-state index in [1.807, 2.05) is 11.6 Å². The Labute approximate surface area is 97.9 Å². The van der Waals surface area contributed by atoms with Gasteiger partial charge in [-0.2, -0.15) is 0 Å². The summed E-state index contributed by atoms with van der Waals surface area (Å²) in [6.45, 7) is 2.40. The lowest BCUT2D eigenvalue weighted by atomic mass is 10.4. The molecule has 17 heavy (non-hydrogen) atoms. The van der Waals surface area contributed by atoms with E-state index in [2.05, 4.69) is 25.5 Å². The molecule has 0 aliphatic rings. The van der Waals surface area contributed by atoms with Crippen LogP contribution in [0.1, 0.15) is 11.6 Å². The molecule has 2 N–H and O–H groups in total. The number of aryl methyl sites for hydroxylation is 2. The monoisotopic (exact) mass is 234 g/mol. The molecule has 0 saturated heterocycles. The highest BCUT2D eigenvalue weighted by Gasteiger charge is 2.01. The second-order valence-electron chi connectivity index (χ2n) is 3.75. The fourth-order valence-electron chi connectivity index (χ4n) is 1.51. The predicted molar refractivity (Wildman–Crippen MR) is 62.8 cm³/mol. The maximum absolute atomic E-state index is 11.2. The third-order valence-electron chi connectivity index (χ3n) is 2.32. The Morgan fingerprint density at radius 2 is 2.35 bits per heavy atom. The van der Waals surface area contributed by atoms with Gasteiger partial charge in [0.25, 0.3) is 5.56 Å². The van der Waals surface area contributed by atoms with Gasteiger partial charge in [-0.05, 0) is 6.92 Å². The van der Waals surface area contributed by atoms with Gasteiger partial charge in [-0.3, -0.25) is 4.79 Å². The maximum atomic E-state index is 11.2. The van der Waals surface area contributed by atoms with Crippen molar-refractivity contribution in [2.45, 2.75) is 13.3 Å². The number of nitrogens with one attached hydrogen (secondary N) is 2. The molecule has 2 rings (SSSR count). The second kappa shape index (κ2) is 4.77. The van der Waals surface area contributed by atoms with Crippen molar-refractivity contribution in [1.29, 1.82) is 0 Å². The van der Waals surface area contributed by atoms with Crippen LogP contribution < -0.4 is 10.9 Å². The normalized spacial score (nSPS) is 10.5. The van der Waals surface area contributed by atoms with Gasteiger partial charge in [-0.25, -0.2) is 4.98 Å². The van der Waals surface area contributed by atoms with Crippen LogP contribution >= 0.6 is 0 Å². The van der Waals surface area contributed by atoms with E-state index in [0.717, 1.165) is 12.2 Å². The molecule has 0 unspecified atom stereocenters. The standard InChI is InChI=1S/C10H14N6O/c1-7-13-8(5-10(17)14-7)11-4-3-9-15-12-6-16(9)2/h5-6H,3-4H2,1-2H3,(H2,11,13,14,17). The molecule has 2 aromatic heterocycles. The lowest BCUT2D eigenvalue weighted by Gasteiger charge is -2.05. The minimum atomic E-state index is -0.154. The van der Waals surface area contributed by atoms with Gasteiger partial charge in [0.05, 0.1) is 0 Å². The second-order valence-corrected chi connectivity index (χ2v) is 3.75. The van der Waals surface area contributed by atoms with Crippen LogP contribution in [0.4, 0.5) is 5.82 Å². The molecular formula is C10H14N6O. The van der Waals surface area contributed by atoms with Gasteiger partial charge in [0.1, 0.15) is 23.8 Å². The zero-order valence-corrected chi connectivity index (χ0v) is 9.77. The predicted octanol–water partition coefficient (Wildman–Crippen LogP) is -0.139. The molecule has 0 aromatic carbocycles. The molecule has 90 valence electrons. The first-order chi connectivity index (χ1) is 8.15. The lowest BCUT2D eigenvalue weighted by molar-refractivity contribution is 0.786. The van der Waals surface area contributed by atoms with Gasteiger partial charge in [-0.1, -0.05) is 0 Å². The minimum absolute atomic E-state index is 0.154. The van der Waals surface area contributed by atoms with Crippen LogP contribution in [0.15, 0.2) is 17.2 Å². The molecule has 0 spiro atoms. The van der Waals surface area contributed by atoms with Gasteiger partial charge in [-0.15, -0.1) is 10.2 Å². The van der Waals surface area contributed by atoms with Crippen molar-refractivity contribution in [3.63, 3.8) is 0 Å². The molecular weight excluding hydrogens is 220 g/mol. The van der Waals surface area contributed by atoms with Crippen LogP contribution in [-0.4, -0.2) is 31.3 Å². The summed E-state index contributed by atoms with van der Waals surface area (Å²) < 4.78 is 1.86. The summed E-state index contributed by atoms with van der Waals surface area (Å²) in [4.78, 5) is 18.0. The Hall–Kier alpha value is -2.18. The summed E-state index contributed by atoms with van der Waals surface area (Å²) in [6.07, 6.45) is 2.38. The fraction of sp³-hybridized carbons (Fsp3) is 0.400. The van der Waals surface area contributed by atoms with Gasteiger partial charge in [0.15, 0.2) is 0 Å². The highest BCUT2D eigenvalue weighted by molar-refractivity contribution is 5.32. The van der Waals surface area contributed by atoms with Crippen molar-refractivity contribution in [1.82, 2.24) is 24.7 Å². The zero-order valence-electron chi connectivity index (χ0n) is 9.77. The highest BCUT2D eigenvalue weighted by atomic mass is 16.1. The topological polar surface area (TPSA) is 88.5 Å². The smallest absolute Gasteiger partial charge is 0.252 e. The first-order valence-electron chi connectivity index (χ1n) is 5.30. The fourth-order valence-corrected chi connectivity index (χ4v) is 1.51. The largest absolute Gasteiger partial charge is 0.369 e. The van der Waals surface area contributed by atoms with Crippen LogP contribution in [0, 0.1) is 6.92 Å². The lowest BCUT2D eigenvalue weighted by Crippen LogP contribution is -2.14. The van der Waals surface area contributed by atoms with Crippen molar-refractivity contribution in [2.75, 3.05) is 11.9 Å². The molecule has 0 atom stereocenters. The molecule has 0 radical (unpaired) electrons. The number of H-pyrrole nitrogens is 1. The number of anilines is 1. The molecule has 7 heteroatoms. The van der Waals surface area contributed by atoms with Crippen molar-refractivity contribution in [2.24, 2.45) is 7.05 Å². The molecule has 0 fully saturated rings. The average Bonchev–Trinajstić information content (AvgIpc) is 2.63. The Morgan fingerprint density at radius 3 is 3.00 bits per heavy atom. The van der Waals surface area contributed by atoms with Crippen LogP contribution in [-0.2, 0) is 13.5 Å². The average molecular weight is 234 g/mol. The van der Waals surface area contributed by atoms with Gasteiger partial charge in [0.2, 0.25) is 0 Å². The van der Waals surface area contributed by atoms with E-state index in [1.54, 1.807) is 13.3 Å². The quantitative estimate of drug-likeness (QED) is 0.768. The Kier molecular flexibility index (Phi) is 3.17. The van der Waals surface area contributed by atoms with Crippen LogP contribution in [0.2, 0.25) is 0 Å². The Balaban J connectivity index is 1.94. The number of aromatic amines is 1. The van der Waals surface area contributed by atoms with Crippen LogP contribution in [0.5, 0.6) is 0 Å². The summed E-state index contributed by atoms with van der Waals surface area (Å²) in [5.74, 6) is 2.06. The van der Waals surface area contributed by atoms with Gasteiger partial charge >= 0.3 is 0 Å². The Bertz CT molecular complexity index is 558. The number of aromatic nitrogens is 5. The van der Waals surface area contributed by atoms with Crippen molar-refractivity contribution in [3.05, 3.63) is 34.4 Å². The third-order valence-corrected chi connectivity index (χ3v) is 2.32. The van der Waals surface area contributed by atoms with Crippen LogP contribution in [0.25, 0.3) is 0 Å². The van der Waals surface area contributed by atoms with E-state index >= 15 is 0 Å². The molecule has 0 saturated carbocycles. The van der Waals surface area contributed by atoms with E-state index in [0.29, 0.717) is 18.2 Å². The highest BCUT2D eigenvalue weighted by Crippen LogP contribution is 1.99. The molecule has 7 nitrogen and oxygen atoms in total. The maximum Gasteiger partial charge on any atom is 0.252 e. The van der Waals surface area contributed by atoms with E-state index in [1.165, 1.54) is 6.07 Å². The van der Waals surface area contributed by atoms with Crippen molar-refractivity contribution in [3.8, 4) is 0 Å². The van der Waals surface area contributed by atoms with Crippen molar-refractivity contribution < 1.29 is 0 Å². The summed E-state index contributed by atoms with van der Waals surface area (Å²) in [6, 6.07) is 1.43. The third kappa shape index (κ3) is 2.90. The van der Waals surface area contributed by atoms with Crippen molar-refractivity contribution >= 4 is 5.82 Å². The van der Waals surface area contributed by atoms with E-state index in [-0.39, 0.29) is 5.56 Å². The number of hydrogen-bond donors (Lipinski definition) is 2. The molecule has 0 aliphatic carbocycles. The summed E-state index contributed by atoms with van der Waals surface area (Å²) in [5.41, 5.74) is -0.154. The molecule has 2 aromatic rings. The first-order valence-corrected chi connectivity index (χ1v) is 5.30. The zero-order chi connectivity index (χ0) is 12.3. The molecule has 2 heterocycles. The van der Waals surface area contributed by atoms with E-state index < -0.39 is 0 Å². The van der Waals surface area contributed by atoms with Gasteiger partial charge in [0, 0.05) is 26.1 Å². The Morgan fingerprint density at radius 1 is 1.53 bits per heavy atom.